The Labute approximate surface area is 116 Å². The number of aromatic nitrogens is 2. The highest BCUT2D eigenvalue weighted by atomic mass is 19.1. The van der Waals surface area contributed by atoms with E-state index < -0.39 is 11.9 Å². The van der Waals surface area contributed by atoms with Crippen LogP contribution in [0.2, 0.25) is 0 Å². The summed E-state index contributed by atoms with van der Waals surface area (Å²) in [6, 6.07) is 5.06. The highest BCUT2D eigenvalue weighted by Gasteiger charge is 2.17. The molecule has 0 aliphatic rings. The lowest BCUT2D eigenvalue weighted by Gasteiger charge is -2.15. The molecule has 5 nitrogen and oxygen atoms in total. The minimum Gasteiger partial charge on any atom is -0.368 e. The molecule has 106 valence electrons. The maximum absolute atomic E-state index is 12.9. The fourth-order valence-corrected chi connectivity index (χ4v) is 1.93. The number of hydrogen-bond donors (Lipinski definition) is 2. The summed E-state index contributed by atoms with van der Waals surface area (Å²) in [7, 11) is 0. The van der Waals surface area contributed by atoms with Gasteiger partial charge in [0.1, 0.15) is 11.9 Å². The molecule has 1 aromatic heterocycles. The Balaban J connectivity index is 2.06. The number of hydrogen-bond acceptors (Lipinski definition) is 3. The fourth-order valence-electron chi connectivity index (χ4n) is 1.93. The van der Waals surface area contributed by atoms with Crippen LogP contribution in [-0.4, -0.2) is 15.7 Å². The second-order valence-corrected chi connectivity index (χ2v) is 4.47. The highest BCUT2D eigenvalue weighted by molar-refractivity contribution is 5.81. The molecule has 0 unspecified atom stereocenters. The van der Waals surface area contributed by atoms with Crippen LogP contribution in [-0.2, 0) is 17.9 Å². The van der Waals surface area contributed by atoms with E-state index in [1.807, 2.05) is 13.1 Å². The van der Waals surface area contributed by atoms with E-state index in [0.717, 1.165) is 12.1 Å². The van der Waals surface area contributed by atoms with Crippen LogP contribution in [0.4, 0.5) is 4.39 Å². The molecule has 0 aliphatic carbocycles. The van der Waals surface area contributed by atoms with E-state index in [9.17, 15) is 9.18 Å². The first-order valence-electron chi connectivity index (χ1n) is 6.39. The van der Waals surface area contributed by atoms with E-state index in [2.05, 4.69) is 10.4 Å². The number of halogens is 1. The summed E-state index contributed by atoms with van der Waals surface area (Å²) >= 11 is 0. The minimum atomic E-state index is -0.652. The fraction of sp³-hybridized carbons (Fsp3) is 0.286. The van der Waals surface area contributed by atoms with Crippen molar-refractivity contribution in [3.63, 3.8) is 0 Å². The number of benzene rings is 1. The number of aryl methyl sites for hydroxylation is 1. The van der Waals surface area contributed by atoms with Crippen molar-refractivity contribution in [2.75, 3.05) is 0 Å². The van der Waals surface area contributed by atoms with Gasteiger partial charge in [-0.15, -0.1) is 0 Å². The first-order valence-corrected chi connectivity index (χ1v) is 6.39. The van der Waals surface area contributed by atoms with Crippen LogP contribution in [0.15, 0.2) is 36.7 Å². The molecule has 0 bridgehead atoms. The Kier molecular flexibility index (Phi) is 4.47. The van der Waals surface area contributed by atoms with Gasteiger partial charge in [0.2, 0.25) is 5.91 Å². The lowest BCUT2D eigenvalue weighted by atomic mass is 10.1. The predicted molar refractivity (Wildman–Crippen MR) is 73.1 cm³/mol. The number of primary amides is 1. The van der Waals surface area contributed by atoms with Gasteiger partial charge in [0.05, 0.1) is 6.20 Å². The van der Waals surface area contributed by atoms with Gasteiger partial charge in [-0.25, -0.2) is 4.39 Å². The van der Waals surface area contributed by atoms with Gasteiger partial charge in [0.25, 0.3) is 0 Å². The van der Waals surface area contributed by atoms with Crippen molar-refractivity contribution in [1.82, 2.24) is 15.1 Å². The van der Waals surface area contributed by atoms with Crippen LogP contribution >= 0.6 is 0 Å². The Morgan fingerprint density at radius 1 is 1.45 bits per heavy atom. The monoisotopic (exact) mass is 276 g/mol. The summed E-state index contributed by atoms with van der Waals surface area (Å²) in [6.07, 6.45) is 3.63. The van der Waals surface area contributed by atoms with Crippen molar-refractivity contribution in [2.24, 2.45) is 5.73 Å². The van der Waals surface area contributed by atoms with Crippen molar-refractivity contribution in [1.29, 1.82) is 0 Å². The summed E-state index contributed by atoms with van der Waals surface area (Å²) in [5, 5.41) is 7.21. The third-order valence-corrected chi connectivity index (χ3v) is 3.01. The topological polar surface area (TPSA) is 72.9 Å². The van der Waals surface area contributed by atoms with Crippen molar-refractivity contribution >= 4 is 5.91 Å². The van der Waals surface area contributed by atoms with Gasteiger partial charge >= 0.3 is 0 Å². The molecule has 6 heteroatoms. The zero-order chi connectivity index (χ0) is 14.5. The second-order valence-electron chi connectivity index (χ2n) is 4.47. The van der Waals surface area contributed by atoms with Crippen LogP contribution < -0.4 is 11.1 Å². The van der Waals surface area contributed by atoms with Gasteiger partial charge in [-0.2, -0.15) is 5.10 Å². The largest absolute Gasteiger partial charge is 0.368 e. The number of nitrogens with one attached hydrogen (secondary N) is 1. The van der Waals surface area contributed by atoms with Gasteiger partial charge in [0.15, 0.2) is 0 Å². The van der Waals surface area contributed by atoms with Crippen LogP contribution in [0.1, 0.15) is 24.1 Å². The SMILES string of the molecule is CCn1cc(CN[C@@H](C(N)=O)c2ccc(F)cc2)cn1. The summed E-state index contributed by atoms with van der Waals surface area (Å²) < 4.78 is 14.7. The maximum Gasteiger partial charge on any atom is 0.239 e. The molecule has 1 heterocycles. The van der Waals surface area contributed by atoms with Crippen molar-refractivity contribution in [3.05, 3.63) is 53.6 Å². The van der Waals surface area contributed by atoms with Crippen molar-refractivity contribution < 1.29 is 9.18 Å². The third kappa shape index (κ3) is 3.42. The molecular weight excluding hydrogens is 259 g/mol. The number of rotatable bonds is 6. The lowest BCUT2D eigenvalue weighted by molar-refractivity contribution is -0.120. The average molecular weight is 276 g/mol. The number of carbonyl (C=O) groups excluding carboxylic acids is 1. The molecule has 1 atom stereocenters. The van der Waals surface area contributed by atoms with Gasteiger partial charge in [-0.3, -0.25) is 14.8 Å². The third-order valence-electron chi connectivity index (χ3n) is 3.01. The molecule has 2 aromatic rings. The van der Waals surface area contributed by atoms with Gasteiger partial charge in [0, 0.05) is 24.8 Å². The van der Waals surface area contributed by atoms with Crippen LogP contribution in [0.25, 0.3) is 0 Å². The molecule has 0 saturated heterocycles. The molecule has 0 fully saturated rings. The lowest BCUT2D eigenvalue weighted by Crippen LogP contribution is -2.33. The summed E-state index contributed by atoms with van der Waals surface area (Å²) in [4.78, 5) is 11.5. The van der Waals surface area contributed by atoms with E-state index >= 15 is 0 Å². The predicted octanol–water partition coefficient (Wildman–Crippen LogP) is 1.36. The standard InChI is InChI=1S/C14H17FN4O/c1-2-19-9-10(8-18-19)7-17-13(14(16)20)11-3-5-12(15)6-4-11/h3-6,8-9,13,17H,2,7H2,1H3,(H2,16,20)/t13-/m1/s1. The van der Waals surface area contributed by atoms with Crippen LogP contribution in [0.5, 0.6) is 0 Å². The van der Waals surface area contributed by atoms with E-state index in [1.54, 1.807) is 23.0 Å². The molecule has 3 N–H and O–H groups in total. The first kappa shape index (κ1) is 14.2. The Bertz CT molecular complexity index is 579. The average Bonchev–Trinajstić information content (AvgIpc) is 2.88. The second kappa shape index (κ2) is 6.29. The zero-order valence-corrected chi connectivity index (χ0v) is 11.2. The minimum absolute atomic E-state index is 0.346. The summed E-state index contributed by atoms with van der Waals surface area (Å²) in [5.41, 5.74) is 6.99. The van der Waals surface area contributed by atoms with Crippen LogP contribution in [0.3, 0.4) is 0 Å². The smallest absolute Gasteiger partial charge is 0.239 e. The molecule has 0 aliphatic heterocycles. The molecule has 0 saturated carbocycles. The molecule has 2 rings (SSSR count). The van der Waals surface area contributed by atoms with Gasteiger partial charge < -0.3 is 5.73 Å². The number of amides is 1. The highest BCUT2D eigenvalue weighted by Crippen LogP contribution is 2.14. The molecule has 0 spiro atoms. The molecule has 1 aromatic carbocycles. The first-order chi connectivity index (χ1) is 9.60. The molecule has 1 amide bonds. The normalized spacial score (nSPS) is 12.3. The summed E-state index contributed by atoms with van der Waals surface area (Å²) in [5.74, 6) is -0.847. The number of carbonyl (C=O) groups is 1. The maximum atomic E-state index is 12.9. The molecular formula is C14H17FN4O. The Morgan fingerprint density at radius 3 is 2.70 bits per heavy atom. The number of nitrogens with zero attached hydrogens (tertiary/aromatic N) is 2. The van der Waals surface area contributed by atoms with E-state index in [0.29, 0.717) is 12.1 Å². The summed E-state index contributed by atoms with van der Waals surface area (Å²) in [6.45, 7) is 3.25. The van der Waals surface area contributed by atoms with Gasteiger partial charge in [-0.05, 0) is 24.6 Å². The van der Waals surface area contributed by atoms with E-state index in [1.165, 1.54) is 12.1 Å². The van der Waals surface area contributed by atoms with E-state index in [4.69, 9.17) is 5.73 Å². The zero-order valence-electron chi connectivity index (χ0n) is 11.2. The van der Waals surface area contributed by atoms with Crippen molar-refractivity contribution in [3.8, 4) is 0 Å². The Hall–Kier alpha value is -2.21. The Morgan fingerprint density at radius 2 is 2.15 bits per heavy atom. The molecule has 0 radical (unpaired) electrons. The van der Waals surface area contributed by atoms with Gasteiger partial charge in [-0.1, -0.05) is 12.1 Å². The molecule has 20 heavy (non-hydrogen) atoms. The van der Waals surface area contributed by atoms with E-state index in [-0.39, 0.29) is 5.82 Å². The quantitative estimate of drug-likeness (QED) is 0.836. The number of nitrogens with two attached hydrogens (primary N) is 1. The van der Waals surface area contributed by atoms with Crippen LogP contribution in [0, 0.1) is 5.82 Å². The van der Waals surface area contributed by atoms with Crippen molar-refractivity contribution in [2.45, 2.75) is 26.1 Å².